The van der Waals surface area contributed by atoms with Gasteiger partial charge >= 0.3 is 54.6 Å². The molecule has 0 bridgehead atoms. The zero-order valence-corrected chi connectivity index (χ0v) is 59.7. The molecule has 3 aliphatic heterocycles. The smallest absolute Gasteiger partial charge is 0.432 e. The Morgan fingerprint density at radius 3 is 0.971 bits per heavy atom. The van der Waals surface area contributed by atoms with Crippen LogP contribution < -0.4 is 0 Å². The first-order valence-corrected chi connectivity index (χ1v) is 35.6. The first kappa shape index (κ1) is 85.1. The fourth-order valence-corrected chi connectivity index (χ4v) is 14.2. The van der Waals surface area contributed by atoms with Crippen LogP contribution in [0.4, 0.5) is 52.7 Å². The highest BCUT2D eigenvalue weighted by molar-refractivity contribution is 5.91. The molecule has 0 aliphatic carbocycles. The van der Waals surface area contributed by atoms with Crippen LogP contribution >= 0.6 is 0 Å². The van der Waals surface area contributed by atoms with Crippen molar-refractivity contribution in [2.24, 2.45) is 0 Å². The molecular weight excluding hydrogens is 1410 g/mol. The molecule has 4 aromatic carbocycles. The van der Waals surface area contributed by atoms with Crippen molar-refractivity contribution < 1.29 is 129 Å². The van der Waals surface area contributed by atoms with Gasteiger partial charge in [-0.1, -0.05) is 192 Å². The third kappa shape index (κ3) is 20.0. The number of rotatable bonds is 41. The molecule has 0 saturated carbocycles. The van der Waals surface area contributed by atoms with Crippen LogP contribution in [0.2, 0.25) is 0 Å². The van der Waals surface area contributed by atoms with Crippen molar-refractivity contribution >= 4 is 29.8 Å². The number of ether oxygens (including phenoxy) is 11. The Morgan fingerprint density at radius 1 is 0.400 bits per heavy atom. The van der Waals surface area contributed by atoms with Gasteiger partial charge in [-0.2, -0.15) is 52.7 Å². The zero-order chi connectivity index (χ0) is 76.9. The van der Waals surface area contributed by atoms with Gasteiger partial charge in [0.15, 0.2) is 0 Å². The topological polar surface area (TPSA) is 187 Å². The van der Waals surface area contributed by atoms with Crippen LogP contribution in [0.1, 0.15) is 184 Å². The second kappa shape index (κ2) is 38.1. The largest absolute Gasteiger partial charge is 0.457 e. The number of halogens is 12. The van der Waals surface area contributed by atoms with Gasteiger partial charge in [0.2, 0.25) is 0 Å². The fourth-order valence-electron chi connectivity index (χ4n) is 14.2. The zero-order valence-electron chi connectivity index (χ0n) is 59.7. The number of cyclic esters (lactones) is 1. The van der Waals surface area contributed by atoms with E-state index in [4.69, 9.17) is 52.1 Å². The predicted molar refractivity (Wildman–Crippen MR) is 357 cm³/mol. The van der Waals surface area contributed by atoms with Crippen molar-refractivity contribution in [1.29, 1.82) is 0 Å². The Kier molecular flexibility index (Phi) is 30.9. The number of hydrogen-bond donors (Lipinski definition) is 0. The van der Waals surface area contributed by atoms with Crippen LogP contribution in [-0.2, 0) is 98.5 Å². The molecule has 3 heterocycles. The maximum Gasteiger partial charge on any atom is 0.432 e. The summed E-state index contributed by atoms with van der Waals surface area (Å²) in [7, 11) is 2.64. The monoisotopic (exact) mass is 1500 g/mol. The van der Waals surface area contributed by atoms with Gasteiger partial charge in [-0.25, -0.2) is 24.0 Å². The van der Waals surface area contributed by atoms with Crippen molar-refractivity contribution in [3.05, 3.63) is 155 Å². The van der Waals surface area contributed by atoms with Gasteiger partial charge in [-0.05, 0) is 96.5 Å². The summed E-state index contributed by atoms with van der Waals surface area (Å²) in [4.78, 5) is 68.8. The van der Waals surface area contributed by atoms with E-state index in [0.717, 1.165) is 107 Å². The van der Waals surface area contributed by atoms with Gasteiger partial charge in [-0.3, -0.25) is 0 Å². The third-order valence-corrected chi connectivity index (χ3v) is 19.9. The van der Waals surface area contributed by atoms with E-state index in [1.165, 1.54) is 79.7 Å². The lowest BCUT2D eigenvalue weighted by atomic mass is 9.92. The number of carbonyl (C=O) groups is 5. The minimum atomic E-state index is -5.52. The lowest BCUT2D eigenvalue weighted by molar-refractivity contribution is -0.285. The normalized spacial score (nSPS) is 21.5. The first-order valence-electron chi connectivity index (χ1n) is 35.6. The maximum atomic E-state index is 15.4. The highest BCUT2D eigenvalue weighted by Crippen LogP contribution is 2.49. The molecule has 0 spiro atoms. The lowest BCUT2D eigenvalue weighted by Gasteiger charge is -2.37. The van der Waals surface area contributed by atoms with Crippen LogP contribution in [0.3, 0.4) is 0 Å². The molecule has 105 heavy (non-hydrogen) atoms. The SMILES string of the molecule is CC[C@H](OC(=O)[C@](OC)(c1ccccc1)C(F)(F)F)[C@@H](CCCCCC[C@H](OC(=O)[C@](OC)(c1ccccc1)C(F)(F)F)[C@H]1CC[C@H]([C@H]2CC[C@H]([C@@H](CCCCCCCCCCCCC3=C[C@H](C)OC3=O)OC(=O)[C@](OC)(c3ccccc3)C(F)(F)F)O2)O1)OC(=O)[C@](OC)(c1ccccc1)C(F)(F)F. The van der Waals surface area contributed by atoms with Crippen molar-refractivity contribution in [3.63, 3.8) is 0 Å². The number of benzene rings is 4. The van der Waals surface area contributed by atoms with Crippen molar-refractivity contribution in [2.75, 3.05) is 28.4 Å². The summed E-state index contributed by atoms with van der Waals surface area (Å²) in [5.41, 5.74) is -16.6. The van der Waals surface area contributed by atoms with Gasteiger partial charge in [0.05, 0.1) is 24.4 Å². The molecule has 4 aromatic rings. The number of unbranched alkanes of at least 4 members (excludes halogenated alkanes) is 12. The van der Waals surface area contributed by atoms with E-state index in [1.807, 2.05) is 13.0 Å². The summed E-state index contributed by atoms with van der Waals surface area (Å²) < 4.78 is 244. The summed E-state index contributed by atoms with van der Waals surface area (Å²) in [5.74, 6) is -7.91. The number of carbonyl (C=O) groups excluding carboxylic acids is 5. The van der Waals surface area contributed by atoms with Gasteiger partial charge in [0.25, 0.3) is 22.4 Å². The highest BCUT2D eigenvalue weighted by atomic mass is 19.4. The van der Waals surface area contributed by atoms with Gasteiger partial charge in [-0.15, -0.1) is 0 Å². The molecule has 0 N–H and O–H groups in total. The second-order valence-electron chi connectivity index (χ2n) is 26.6. The van der Waals surface area contributed by atoms with Crippen molar-refractivity contribution in [1.82, 2.24) is 0 Å². The summed E-state index contributed by atoms with van der Waals surface area (Å²) >= 11 is 0. The fraction of sp³-hybridized carbons (Fsp3) is 0.597. The lowest BCUT2D eigenvalue weighted by Crippen LogP contribution is -2.55. The van der Waals surface area contributed by atoms with Crippen LogP contribution in [-0.4, -0.2) is 138 Å². The van der Waals surface area contributed by atoms with E-state index in [1.54, 1.807) is 0 Å². The van der Waals surface area contributed by atoms with Crippen LogP contribution in [0, 0.1) is 0 Å². The second-order valence-corrected chi connectivity index (χ2v) is 26.6. The molecule has 16 nitrogen and oxygen atoms in total. The Hall–Kier alpha value is -7.11. The highest BCUT2D eigenvalue weighted by Gasteiger charge is 2.68. The van der Waals surface area contributed by atoms with Crippen LogP contribution in [0.15, 0.2) is 133 Å². The average Bonchev–Trinajstić information content (AvgIpc) is 1.03. The Bertz CT molecular complexity index is 3400. The summed E-state index contributed by atoms with van der Waals surface area (Å²) in [6.07, 6.45) is -21.4. The van der Waals surface area contributed by atoms with Gasteiger partial charge < -0.3 is 52.1 Å². The maximum absolute atomic E-state index is 15.4. The molecule has 7 rings (SSSR count). The molecule has 2 fully saturated rings. The van der Waals surface area contributed by atoms with Crippen molar-refractivity contribution in [3.8, 4) is 0 Å². The molecule has 28 heteroatoms. The molecule has 0 aromatic heterocycles. The van der Waals surface area contributed by atoms with E-state index < -0.39 is 155 Å². The van der Waals surface area contributed by atoms with E-state index in [9.17, 15) is 24.0 Å². The molecule has 582 valence electrons. The summed E-state index contributed by atoms with van der Waals surface area (Å²) in [6.45, 7) is 3.14. The van der Waals surface area contributed by atoms with Crippen molar-refractivity contribution in [2.45, 2.75) is 264 Å². The Morgan fingerprint density at radius 2 is 0.686 bits per heavy atom. The molecule has 13 atom stereocenters. The van der Waals surface area contributed by atoms with Crippen LogP contribution in [0.5, 0.6) is 0 Å². The molecule has 3 aliphatic rings. The summed E-state index contributed by atoms with van der Waals surface area (Å²) in [5, 5.41) is 0. The number of hydrogen-bond acceptors (Lipinski definition) is 16. The third-order valence-electron chi connectivity index (χ3n) is 19.9. The first-order chi connectivity index (χ1) is 49.9. The van der Waals surface area contributed by atoms with E-state index in [2.05, 4.69) is 0 Å². The predicted octanol–water partition coefficient (Wildman–Crippen LogP) is 17.4. The molecular formula is C77H94F12O16. The number of alkyl halides is 12. The van der Waals surface area contributed by atoms with E-state index in [-0.39, 0.29) is 76.3 Å². The summed E-state index contributed by atoms with van der Waals surface area (Å²) in [6, 6.07) is 23.6. The molecule has 0 radical (unpaired) electrons. The Labute approximate surface area is 603 Å². The average molecular weight is 1500 g/mol. The number of esters is 5. The molecule has 0 unspecified atom stereocenters. The van der Waals surface area contributed by atoms with E-state index >= 15 is 52.7 Å². The standard InChI is InChI=1S/C77H94F12O16/c1-7-57(102-66(91)70(95-3,74(78,79)80)53-35-23-18-24-36-53)58(103-67(92)71(96-4,75(81,82)83)54-37-25-19-26-38-54)43-32-16-17-33-45-60(105-69(94)73(98-6,77(87,88)89)56-41-29-21-30-42-56)62-47-49-64(101-62)63-48-46-61(100-63)59(104-68(93)72(97-5,76(84,85)86)55-39-27-20-28-40-55)44-31-15-13-11-9-8-10-12-14-22-34-52-50-51(2)99-65(52)90/h18-21,23-30,35-42,50-51,57-64H,7-17,22,31-34,43-49H2,1-6H3/t51-,57-,58+,59+,60-,61+,62+,63+,64+,70+,71+,72+,73+/m0/s1. The van der Waals surface area contributed by atoms with Gasteiger partial charge in [0, 0.05) is 56.3 Å². The van der Waals surface area contributed by atoms with Crippen LogP contribution in [0.25, 0.3) is 0 Å². The number of methoxy groups -OCH3 is 4. The minimum Gasteiger partial charge on any atom is -0.457 e. The quantitative estimate of drug-likeness (QED) is 0.0177. The molecule has 2 saturated heterocycles. The Balaban J connectivity index is 1.07. The minimum absolute atomic E-state index is 0.0310. The molecule has 0 amide bonds. The van der Waals surface area contributed by atoms with E-state index in [0.29, 0.717) is 46.2 Å². The van der Waals surface area contributed by atoms with Gasteiger partial charge in [0.1, 0.15) is 30.5 Å².